The van der Waals surface area contributed by atoms with Gasteiger partial charge < -0.3 is 0 Å². The van der Waals surface area contributed by atoms with Crippen LogP contribution >= 0.6 is 7.75 Å². The molecule has 0 saturated carbocycles. The van der Waals surface area contributed by atoms with E-state index in [9.17, 15) is 4.57 Å². The molecule has 18 heavy (non-hydrogen) atoms. The first kappa shape index (κ1) is 16.7. The first-order valence-corrected chi connectivity index (χ1v) is 10.9. The number of nitrogens with zero attached hydrogens (tertiary/aromatic N) is 1. The standard InChI is InChI=1S/C12H26NO3PSe/c1-3-5-9-15-17(14,16-10-6-4-2)13-7-11-18-12-8-13/h3-12H2,1-2H3. The summed E-state index contributed by atoms with van der Waals surface area (Å²) < 4.78 is 26.0. The van der Waals surface area contributed by atoms with E-state index in [-0.39, 0.29) is 0 Å². The zero-order chi connectivity index (χ0) is 13.3. The van der Waals surface area contributed by atoms with Crippen molar-refractivity contribution in [1.82, 2.24) is 4.67 Å². The van der Waals surface area contributed by atoms with Crippen LogP contribution in [0.25, 0.3) is 0 Å². The summed E-state index contributed by atoms with van der Waals surface area (Å²) in [6.07, 6.45) is 3.99. The molecule has 1 saturated heterocycles. The van der Waals surface area contributed by atoms with Gasteiger partial charge in [-0.15, -0.1) is 0 Å². The summed E-state index contributed by atoms with van der Waals surface area (Å²) >= 11 is 0.716. The average molecular weight is 342 g/mol. The molecule has 0 bridgehead atoms. The maximum atomic E-state index is 12.8. The van der Waals surface area contributed by atoms with Crippen LogP contribution in [-0.2, 0) is 13.6 Å². The van der Waals surface area contributed by atoms with Gasteiger partial charge >= 0.3 is 117 Å². The van der Waals surface area contributed by atoms with Crippen molar-refractivity contribution in [2.24, 2.45) is 0 Å². The Morgan fingerprint density at radius 2 is 1.56 bits per heavy atom. The second kappa shape index (κ2) is 9.52. The summed E-state index contributed by atoms with van der Waals surface area (Å²) in [6, 6.07) is 0. The fourth-order valence-corrected chi connectivity index (χ4v) is 5.96. The van der Waals surface area contributed by atoms with E-state index in [0.29, 0.717) is 28.2 Å². The molecule has 1 heterocycles. The van der Waals surface area contributed by atoms with Crippen LogP contribution in [0.5, 0.6) is 0 Å². The van der Waals surface area contributed by atoms with Crippen LogP contribution < -0.4 is 0 Å². The van der Waals surface area contributed by atoms with Gasteiger partial charge in [-0.3, -0.25) is 0 Å². The Bertz CT molecular complexity index is 246. The molecular formula is C12H26NO3PSe. The van der Waals surface area contributed by atoms with Gasteiger partial charge in [0, 0.05) is 0 Å². The molecular weight excluding hydrogens is 316 g/mol. The molecule has 0 aromatic rings. The molecule has 0 unspecified atom stereocenters. The van der Waals surface area contributed by atoms with Crippen molar-refractivity contribution in [2.45, 2.75) is 50.2 Å². The van der Waals surface area contributed by atoms with Gasteiger partial charge in [-0.1, -0.05) is 0 Å². The van der Waals surface area contributed by atoms with Crippen molar-refractivity contribution in [3.63, 3.8) is 0 Å². The second-order valence-corrected chi connectivity index (χ2v) is 9.00. The number of unbranched alkanes of at least 4 members (excludes halogenated alkanes) is 2. The topological polar surface area (TPSA) is 38.8 Å². The molecule has 6 heteroatoms. The van der Waals surface area contributed by atoms with Crippen molar-refractivity contribution in [2.75, 3.05) is 26.3 Å². The molecule has 0 N–H and O–H groups in total. The van der Waals surface area contributed by atoms with Crippen molar-refractivity contribution >= 4 is 22.7 Å². The molecule has 4 nitrogen and oxygen atoms in total. The zero-order valence-electron chi connectivity index (χ0n) is 11.6. The van der Waals surface area contributed by atoms with Crippen LogP contribution in [-0.4, -0.2) is 45.9 Å². The van der Waals surface area contributed by atoms with E-state index in [1.807, 2.05) is 4.67 Å². The Balaban J connectivity index is 2.50. The van der Waals surface area contributed by atoms with E-state index in [2.05, 4.69) is 13.8 Å². The number of hydrogen-bond donors (Lipinski definition) is 0. The van der Waals surface area contributed by atoms with Gasteiger partial charge in [0.15, 0.2) is 0 Å². The summed E-state index contributed by atoms with van der Waals surface area (Å²) in [5.74, 6) is 0. The van der Waals surface area contributed by atoms with Crippen LogP contribution in [0, 0.1) is 0 Å². The third-order valence-electron chi connectivity index (χ3n) is 2.84. The molecule has 108 valence electrons. The van der Waals surface area contributed by atoms with Crippen LogP contribution in [0.4, 0.5) is 0 Å². The Kier molecular flexibility index (Phi) is 8.82. The van der Waals surface area contributed by atoms with Crippen LogP contribution in [0.3, 0.4) is 0 Å². The molecule has 0 aromatic carbocycles. The minimum atomic E-state index is -3.01. The molecule has 0 aromatic heterocycles. The normalized spacial score (nSPS) is 18.1. The summed E-state index contributed by atoms with van der Waals surface area (Å²) in [6.45, 7) is 7.04. The van der Waals surface area contributed by atoms with Crippen molar-refractivity contribution in [1.29, 1.82) is 0 Å². The van der Waals surface area contributed by atoms with E-state index in [4.69, 9.17) is 9.05 Å². The van der Waals surface area contributed by atoms with Crippen molar-refractivity contribution in [3.8, 4) is 0 Å². The molecule has 0 radical (unpaired) electrons. The van der Waals surface area contributed by atoms with Crippen LogP contribution in [0.2, 0.25) is 10.6 Å². The van der Waals surface area contributed by atoms with Crippen LogP contribution in [0.1, 0.15) is 39.5 Å². The van der Waals surface area contributed by atoms with Gasteiger partial charge in [-0.05, 0) is 0 Å². The quantitative estimate of drug-likeness (QED) is 0.365. The first-order chi connectivity index (χ1) is 8.73. The molecule has 0 spiro atoms. The predicted octanol–water partition coefficient (Wildman–Crippen LogP) is 3.58. The van der Waals surface area contributed by atoms with E-state index in [1.165, 1.54) is 0 Å². The van der Waals surface area contributed by atoms with E-state index in [0.717, 1.165) is 49.4 Å². The van der Waals surface area contributed by atoms with Gasteiger partial charge in [0.05, 0.1) is 0 Å². The third kappa shape index (κ3) is 5.73. The molecule has 0 amide bonds. The predicted molar refractivity (Wildman–Crippen MR) is 76.3 cm³/mol. The van der Waals surface area contributed by atoms with Gasteiger partial charge in [0.25, 0.3) is 0 Å². The van der Waals surface area contributed by atoms with E-state index >= 15 is 0 Å². The monoisotopic (exact) mass is 343 g/mol. The fourth-order valence-electron chi connectivity index (χ4n) is 1.65. The fraction of sp³-hybridized carbons (Fsp3) is 1.00. The molecule has 1 fully saturated rings. The average Bonchev–Trinajstić information content (AvgIpc) is 2.40. The summed E-state index contributed by atoms with van der Waals surface area (Å²) in [5, 5.41) is 2.32. The van der Waals surface area contributed by atoms with Gasteiger partial charge in [0.2, 0.25) is 0 Å². The van der Waals surface area contributed by atoms with Crippen molar-refractivity contribution in [3.05, 3.63) is 0 Å². The minimum absolute atomic E-state index is 0.543. The molecule has 1 rings (SSSR count). The maximum absolute atomic E-state index is 12.8. The molecule has 1 aliphatic heterocycles. The Hall–Kier alpha value is 0.629. The summed E-state index contributed by atoms with van der Waals surface area (Å²) in [5.41, 5.74) is 0. The van der Waals surface area contributed by atoms with Crippen molar-refractivity contribution < 1.29 is 13.6 Å². The second-order valence-electron chi connectivity index (χ2n) is 4.41. The SMILES string of the molecule is CCCCOP(=O)(OCCCC)N1CC[Se]CC1. The molecule has 0 aliphatic carbocycles. The Morgan fingerprint density at radius 3 is 2.00 bits per heavy atom. The third-order valence-corrected chi connectivity index (χ3v) is 6.93. The Morgan fingerprint density at radius 1 is 1.06 bits per heavy atom. The molecule has 0 atom stereocenters. The van der Waals surface area contributed by atoms with Gasteiger partial charge in [-0.25, -0.2) is 0 Å². The number of rotatable bonds is 9. The summed E-state index contributed by atoms with van der Waals surface area (Å²) in [4.78, 5) is 0. The first-order valence-electron chi connectivity index (χ1n) is 6.95. The van der Waals surface area contributed by atoms with Gasteiger partial charge in [-0.2, -0.15) is 0 Å². The summed E-state index contributed by atoms with van der Waals surface area (Å²) in [7, 11) is -3.01. The van der Waals surface area contributed by atoms with E-state index in [1.54, 1.807) is 0 Å². The Labute approximate surface area is 118 Å². The number of hydrogen-bond acceptors (Lipinski definition) is 3. The molecule has 1 aliphatic rings. The van der Waals surface area contributed by atoms with Gasteiger partial charge in [0.1, 0.15) is 0 Å². The van der Waals surface area contributed by atoms with Crippen LogP contribution in [0.15, 0.2) is 0 Å². The van der Waals surface area contributed by atoms with E-state index < -0.39 is 7.75 Å². The zero-order valence-corrected chi connectivity index (χ0v) is 14.2.